The van der Waals surface area contributed by atoms with Crippen LogP contribution in [-0.2, 0) is 16.1 Å². The number of furan rings is 1. The van der Waals surface area contributed by atoms with E-state index in [1.807, 2.05) is 18.7 Å². The van der Waals surface area contributed by atoms with Crippen LogP contribution in [0.2, 0.25) is 0 Å². The zero-order chi connectivity index (χ0) is 24.8. The number of hydrogen-bond donors (Lipinski definition) is 0. The number of rotatable bonds is 10. The lowest BCUT2D eigenvalue weighted by Crippen LogP contribution is -2.45. The molecule has 2 heterocycles. The number of aromatic nitrogens is 2. The molecule has 2 atom stereocenters. The van der Waals surface area contributed by atoms with E-state index in [2.05, 4.69) is 18.8 Å². The summed E-state index contributed by atoms with van der Waals surface area (Å²) in [5, 5.41) is 0.758. The number of esters is 1. The highest BCUT2D eigenvalue weighted by molar-refractivity contribution is 7.99. The van der Waals surface area contributed by atoms with Crippen molar-refractivity contribution in [2.75, 3.05) is 12.9 Å². The van der Waals surface area contributed by atoms with E-state index in [1.165, 1.54) is 29.5 Å². The monoisotopic (exact) mass is 485 g/mol. The fourth-order valence-corrected chi connectivity index (χ4v) is 4.64. The van der Waals surface area contributed by atoms with Crippen molar-refractivity contribution in [2.24, 2.45) is 0 Å². The minimum Gasteiger partial charge on any atom is -0.467 e. The zero-order valence-corrected chi connectivity index (χ0v) is 21.1. The van der Waals surface area contributed by atoms with Crippen molar-refractivity contribution < 1.29 is 18.7 Å². The van der Waals surface area contributed by atoms with Gasteiger partial charge in [-0.05, 0) is 57.0 Å². The van der Waals surface area contributed by atoms with Crippen LogP contribution < -0.4 is 5.56 Å². The molecule has 1 amide bonds. The van der Waals surface area contributed by atoms with Gasteiger partial charge in [-0.1, -0.05) is 25.6 Å². The summed E-state index contributed by atoms with van der Waals surface area (Å²) in [6.45, 7) is 8.40. The average molecular weight is 486 g/mol. The van der Waals surface area contributed by atoms with Gasteiger partial charge in [-0.3, -0.25) is 14.2 Å². The minimum atomic E-state index is -0.509. The lowest BCUT2D eigenvalue weighted by atomic mass is 10.1. The molecule has 0 aliphatic heterocycles. The maximum atomic E-state index is 13.4. The predicted molar refractivity (Wildman–Crippen MR) is 132 cm³/mol. The van der Waals surface area contributed by atoms with Crippen LogP contribution in [0, 0.1) is 0 Å². The van der Waals surface area contributed by atoms with Crippen LogP contribution in [0.3, 0.4) is 0 Å². The van der Waals surface area contributed by atoms with E-state index in [0.717, 1.165) is 12.8 Å². The van der Waals surface area contributed by atoms with Gasteiger partial charge in [-0.2, -0.15) is 0 Å². The third-order valence-corrected chi connectivity index (χ3v) is 6.94. The molecule has 0 saturated carbocycles. The summed E-state index contributed by atoms with van der Waals surface area (Å²) in [6, 6.07) is 8.41. The smallest absolute Gasteiger partial charge is 0.337 e. The molecule has 0 spiro atoms. The highest BCUT2D eigenvalue weighted by Gasteiger charge is 2.24. The number of hydrogen-bond acceptors (Lipinski definition) is 7. The van der Waals surface area contributed by atoms with Crippen molar-refractivity contribution in [3.63, 3.8) is 0 Å². The number of fused-ring (bicyclic) bond motifs is 1. The van der Waals surface area contributed by atoms with Gasteiger partial charge in [0.1, 0.15) is 5.76 Å². The van der Waals surface area contributed by atoms with Gasteiger partial charge in [0.05, 0.1) is 42.1 Å². The summed E-state index contributed by atoms with van der Waals surface area (Å²) in [5.41, 5.74) is 0.408. The molecule has 34 heavy (non-hydrogen) atoms. The molecule has 3 rings (SSSR count). The van der Waals surface area contributed by atoms with Crippen molar-refractivity contribution in [3.8, 4) is 0 Å². The van der Waals surface area contributed by atoms with Crippen molar-refractivity contribution in [2.45, 2.75) is 64.3 Å². The van der Waals surface area contributed by atoms with Crippen molar-refractivity contribution in [1.82, 2.24) is 14.5 Å². The number of nitrogens with zero attached hydrogens (tertiary/aromatic N) is 3. The van der Waals surface area contributed by atoms with Gasteiger partial charge in [0.2, 0.25) is 5.91 Å². The number of ether oxygens (including phenoxy) is 1. The van der Waals surface area contributed by atoms with Crippen LogP contribution in [0.4, 0.5) is 0 Å². The first-order valence-electron chi connectivity index (χ1n) is 11.4. The van der Waals surface area contributed by atoms with Gasteiger partial charge in [0, 0.05) is 12.1 Å². The number of carbonyl (C=O) groups is 2. The first-order valence-corrected chi connectivity index (χ1v) is 12.4. The molecule has 8 nitrogen and oxygen atoms in total. The molecule has 0 aliphatic rings. The first-order chi connectivity index (χ1) is 16.3. The Hall–Kier alpha value is -3.07. The molecule has 3 aromatic rings. The van der Waals surface area contributed by atoms with Gasteiger partial charge in [-0.15, -0.1) is 0 Å². The van der Waals surface area contributed by atoms with Crippen LogP contribution >= 0.6 is 11.8 Å². The molecule has 0 fully saturated rings. The third-order valence-electron chi connectivity index (χ3n) is 5.98. The first kappa shape index (κ1) is 25.6. The Bertz CT molecular complexity index is 1200. The lowest BCUT2D eigenvalue weighted by Gasteiger charge is -2.34. The standard InChI is InChI=1S/C25H31N3O5S/c1-6-16(3)28(17(4)7-2)22(29)15-34-25-26-21-13-18(24(31)32-5)10-11-20(21)23(30)27(25)14-19-9-8-12-33-19/h8-13,16-17H,6-7,14-15H2,1-5H3/t16-,17-/m0/s1. The SMILES string of the molecule is CC[C@H](C)N(C(=O)CSc1nc2cc(C(=O)OC)ccc2c(=O)n1Cc1ccco1)[C@@H](C)CC. The van der Waals surface area contributed by atoms with Crippen LogP contribution in [-0.4, -0.2) is 51.3 Å². The summed E-state index contributed by atoms with van der Waals surface area (Å²) in [6.07, 6.45) is 3.26. The summed E-state index contributed by atoms with van der Waals surface area (Å²) < 4.78 is 11.7. The average Bonchev–Trinajstić information content (AvgIpc) is 3.36. The van der Waals surface area contributed by atoms with E-state index in [1.54, 1.807) is 30.5 Å². The highest BCUT2D eigenvalue weighted by Crippen LogP contribution is 2.22. The number of thioether (sulfide) groups is 1. The van der Waals surface area contributed by atoms with E-state index in [4.69, 9.17) is 9.15 Å². The molecular weight excluding hydrogens is 454 g/mol. The quantitative estimate of drug-likeness (QED) is 0.239. The Kier molecular flexibility index (Phi) is 8.55. The van der Waals surface area contributed by atoms with E-state index < -0.39 is 5.97 Å². The molecule has 0 unspecified atom stereocenters. The van der Waals surface area contributed by atoms with Crippen LogP contribution in [0.5, 0.6) is 0 Å². The summed E-state index contributed by atoms with van der Waals surface area (Å²) >= 11 is 1.21. The van der Waals surface area contributed by atoms with Gasteiger partial charge in [0.25, 0.3) is 5.56 Å². The molecule has 0 saturated heterocycles. The third kappa shape index (κ3) is 5.52. The highest BCUT2D eigenvalue weighted by atomic mass is 32.2. The van der Waals surface area contributed by atoms with E-state index >= 15 is 0 Å². The summed E-state index contributed by atoms with van der Waals surface area (Å²) in [7, 11) is 1.30. The molecule has 2 aromatic heterocycles. The molecule has 9 heteroatoms. The van der Waals surface area contributed by atoms with Gasteiger partial charge < -0.3 is 14.1 Å². The van der Waals surface area contributed by atoms with Crippen molar-refractivity contribution >= 4 is 34.5 Å². The molecule has 0 bridgehead atoms. The number of methoxy groups -OCH3 is 1. The molecule has 182 valence electrons. The van der Waals surface area contributed by atoms with Gasteiger partial charge in [0.15, 0.2) is 5.16 Å². The molecule has 0 N–H and O–H groups in total. The Morgan fingerprint density at radius 2 is 1.88 bits per heavy atom. The number of carbonyl (C=O) groups excluding carboxylic acids is 2. The maximum absolute atomic E-state index is 13.4. The van der Waals surface area contributed by atoms with Crippen LogP contribution in [0.1, 0.15) is 56.7 Å². The van der Waals surface area contributed by atoms with Gasteiger partial charge >= 0.3 is 5.97 Å². The van der Waals surface area contributed by atoms with Crippen LogP contribution in [0.25, 0.3) is 10.9 Å². The maximum Gasteiger partial charge on any atom is 0.337 e. The Labute approximate surface area is 203 Å². The second kappa shape index (κ2) is 11.4. The Morgan fingerprint density at radius 1 is 1.18 bits per heavy atom. The van der Waals surface area contributed by atoms with E-state index in [-0.39, 0.29) is 35.8 Å². The topological polar surface area (TPSA) is 94.6 Å². The molecule has 1 aromatic carbocycles. The minimum absolute atomic E-state index is 0.00379. The second-order valence-corrected chi connectivity index (χ2v) is 9.14. The number of amides is 1. The van der Waals surface area contributed by atoms with E-state index in [9.17, 15) is 14.4 Å². The molecule has 0 radical (unpaired) electrons. The van der Waals surface area contributed by atoms with Crippen molar-refractivity contribution in [3.05, 3.63) is 58.3 Å². The second-order valence-electron chi connectivity index (χ2n) is 8.19. The largest absolute Gasteiger partial charge is 0.467 e. The predicted octanol–water partition coefficient (Wildman–Crippen LogP) is 4.34. The fourth-order valence-electron chi connectivity index (χ4n) is 3.77. The van der Waals surface area contributed by atoms with Gasteiger partial charge in [-0.25, -0.2) is 9.78 Å². The normalized spacial score (nSPS) is 13.0. The van der Waals surface area contributed by atoms with E-state index in [0.29, 0.717) is 27.4 Å². The fraction of sp³-hybridized carbons (Fsp3) is 0.440. The van der Waals surface area contributed by atoms with Crippen molar-refractivity contribution in [1.29, 1.82) is 0 Å². The lowest BCUT2D eigenvalue weighted by molar-refractivity contribution is -0.132. The molecule has 0 aliphatic carbocycles. The summed E-state index contributed by atoms with van der Waals surface area (Å²) in [5.74, 6) is 0.228. The Balaban J connectivity index is 2.01. The van der Waals surface area contributed by atoms with Crippen LogP contribution in [0.15, 0.2) is 51.0 Å². The zero-order valence-electron chi connectivity index (χ0n) is 20.2. The number of benzene rings is 1. The molecular formula is C25H31N3O5S. The summed E-state index contributed by atoms with van der Waals surface area (Å²) in [4.78, 5) is 45.1. The Morgan fingerprint density at radius 3 is 2.47 bits per heavy atom.